The summed E-state index contributed by atoms with van der Waals surface area (Å²) in [4.78, 5) is 0. The number of benzene rings is 1. The van der Waals surface area contributed by atoms with Gasteiger partial charge in [-0.3, -0.25) is 0 Å². The van der Waals surface area contributed by atoms with E-state index in [4.69, 9.17) is 4.43 Å². The highest BCUT2D eigenvalue weighted by atomic mass is 28.4. The number of nitrogens with zero attached hydrogens (tertiary/aromatic N) is 1. The molecule has 130 valence electrons. The van der Waals surface area contributed by atoms with Crippen LogP contribution < -0.4 is 0 Å². The Labute approximate surface area is 140 Å². The van der Waals surface area contributed by atoms with Crippen LogP contribution in [0.1, 0.15) is 39.7 Å². The smallest absolute Gasteiger partial charge is 0.209 e. The minimum Gasteiger partial charge on any atom is -0.624 e. The van der Waals surface area contributed by atoms with Gasteiger partial charge in [-0.25, -0.2) is 9.13 Å². The van der Waals surface area contributed by atoms with Gasteiger partial charge in [-0.15, -0.1) is 0 Å². The zero-order valence-electron chi connectivity index (χ0n) is 15.2. The van der Waals surface area contributed by atoms with Crippen molar-refractivity contribution < 1.29 is 13.6 Å². The van der Waals surface area contributed by atoms with Gasteiger partial charge in [-0.2, -0.15) is 0 Å². The molecule has 0 fully saturated rings. The Morgan fingerprint density at radius 2 is 1.78 bits per heavy atom. The van der Waals surface area contributed by atoms with Gasteiger partial charge in [0.25, 0.3) is 0 Å². The average Bonchev–Trinajstić information content (AvgIpc) is 2.45. The number of hydrogen-bond donors (Lipinski definition) is 0. The van der Waals surface area contributed by atoms with E-state index < -0.39 is 14.0 Å². The topological polar surface area (TPSA) is 35.3 Å². The molecule has 0 saturated heterocycles. The van der Waals surface area contributed by atoms with Gasteiger partial charge in [0.1, 0.15) is 0 Å². The first-order valence-corrected chi connectivity index (χ1v) is 11.1. The minimum absolute atomic E-state index is 0.0167. The number of alkyl halides is 1. The van der Waals surface area contributed by atoms with Gasteiger partial charge in [-0.1, -0.05) is 58.0 Å². The van der Waals surface area contributed by atoms with E-state index in [2.05, 4.69) is 33.9 Å². The van der Waals surface area contributed by atoms with Gasteiger partial charge >= 0.3 is 0 Å². The van der Waals surface area contributed by atoms with E-state index in [1.54, 1.807) is 6.92 Å². The maximum atomic E-state index is 15.0. The molecule has 0 saturated carbocycles. The minimum atomic E-state index is -2.04. The summed E-state index contributed by atoms with van der Waals surface area (Å²) in [6.07, 6.45) is 1.35. The predicted octanol–water partition coefficient (Wildman–Crippen LogP) is 4.91. The van der Waals surface area contributed by atoms with Crippen molar-refractivity contribution in [2.45, 2.75) is 64.5 Å². The van der Waals surface area contributed by atoms with Gasteiger partial charge < -0.3 is 9.63 Å². The first-order valence-electron chi connectivity index (χ1n) is 8.16. The summed E-state index contributed by atoms with van der Waals surface area (Å²) in [7, 11) is -2.04. The highest BCUT2D eigenvalue weighted by Gasteiger charge is 2.40. The second kappa shape index (κ2) is 7.58. The largest absolute Gasteiger partial charge is 0.624 e. The van der Waals surface area contributed by atoms with Crippen LogP contribution >= 0.6 is 0 Å². The first-order chi connectivity index (χ1) is 10.5. The van der Waals surface area contributed by atoms with Crippen LogP contribution in [-0.2, 0) is 11.0 Å². The van der Waals surface area contributed by atoms with Crippen molar-refractivity contribution in [3.8, 4) is 0 Å². The van der Waals surface area contributed by atoms with Crippen molar-refractivity contribution in [2.24, 2.45) is 0 Å². The molecule has 23 heavy (non-hydrogen) atoms. The summed E-state index contributed by atoms with van der Waals surface area (Å²) in [5.74, 6) is 0. The monoisotopic (exact) mass is 339 g/mol. The third kappa shape index (κ3) is 6.07. The molecule has 0 bridgehead atoms. The zero-order chi connectivity index (χ0) is 17.7. The number of hydrogen-bond acceptors (Lipinski definition) is 2. The lowest BCUT2D eigenvalue weighted by Gasteiger charge is -2.37. The fraction of sp³-hybridized carbons (Fsp3) is 0.611. The summed E-state index contributed by atoms with van der Waals surface area (Å²) in [6.45, 7) is 12.3. The summed E-state index contributed by atoms with van der Waals surface area (Å²) in [6, 6.07) is 9.34. The SMILES string of the molecule is CC[C@@](F)(/C=[N+](\[O-])Cc1ccccc1)CO[Si](C)(C)C(C)(C)C. The summed E-state index contributed by atoms with van der Waals surface area (Å²) in [5.41, 5.74) is -0.867. The summed E-state index contributed by atoms with van der Waals surface area (Å²) < 4.78 is 21.6. The number of hydroxylamine groups is 1. The standard InChI is InChI=1S/C18H30FNO2Si/c1-7-18(19,15-22-23(5,6)17(2,3)4)14-20(21)13-16-11-9-8-10-12-16/h8-12,14H,7,13,15H2,1-6H3/b20-14-/t18-/m1/s1. The zero-order valence-corrected chi connectivity index (χ0v) is 16.2. The summed E-state index contributed by atoms with van der Waals surface area (Å²) >= 11 is 0. The van der Waals surface area contributed by atoms with Crippen LogP contribution in [0.4, 0.5) is 4.39 Å². The van der Waals surface area contributed by atoms with Gasteiger partial charge in [0.15, 0.2) is 21.1 Å². The van der Waals surface area contributed by atoms with Crippen LogP contribution in [0.3, 0.4) is 0 Å². The number of rotatable bonds is 7. The Hall–Kier alpha value is -1.20. The summed E-state index contributed by atoms with van der Waals surface area (Å²) in [5, 5.41) is 12.1. The van der Waals surface area contributed by atoms with Gasteiger partial charge in [0.2, 0.25) is 5.67 Å². The second-order valence-corrected chi connectivity index (χ2v) is 12.4. The van der Waals surface area contributed by atoms with Crippen LogP contribution in [0.2, 0.25) is 18.1 Å². The molecule has 0 aliphatic heterocycles. The fourth-order valence-electron chi connectivity index (χ4n) is 1.81. The molecular weight excluding hydrogens is 309 g/mol. The van der Waals surface area contributed by atoms with Crippen molar-refractivity contribution in [3.63, 3.8) is 0 Å². The van der Waals surface area contributed by atoms with Gasteiger partial charge in [-0.05, 0) is 24.6 Å². The Kier molecular flexibility index (Phi) is 6.54. The molecule has 0 aromatic heterocycles. The fourth-order valence-corrected chi connectivity index (χ4v) is 2.85. The Balaban J connectivity index is 2.78. The normalized spacial score (nSPS) is 16.2. The van der Waals surface area contributed by atoms with E-state index in [0.29, 0.717) is 4.74 Å². The molecule has 0 unspecified atom stereocenters. The first kappa shape index (κ1) is 19.8. The van der Waals surface area contributed by atoms with Gasteiger partial charge in [0.05, 0.1) is 6.61 Å². The highest BCUT2D eigenvalue weighted by Crippen LogP contribution is 2.37. The van der Waals surface area contributed by atoms with E-state index in [1.165, 1.54) is 0 Å². The molecular formula is C18H30FNO2Si. The van der Waals surface area contributed by atoms with E-state index in [9.17, 15) is 9.60 Å². The molecule has 1 rings (SSSR count). The van der Waals surface area contributed by atoms with E-state index in [1.807, 2.05) is 30.3 Å². The molecule has 0 amide bonds. The van der Waals surface area contributed by atoms with Crippen molar-refractivity contribution >= 4 is 14.5 Å². The van der Waals surface area contributed by atoms with Crippen LogP contribution in [0.5, 0.6) is 0 Å². The molecule has 0 radical (unpaired) electrons. The second-order valence-electron chi connectivity index (χ2n) is 7.63. The Morgan fingerprint density at radius 1 is 1.22 bits per heavy atom. The van der Waals surface area contributed by atoms with Crippen molar-refractivity contribution in [2.75, 3.05) is 6.61 Å². The number of halogens is 1. The molecule has 5 heteroatoms. The van der Waals surface area contributed by atoms with Crippen LogP contribution in [0, 0.1) is 5.21 Å². The molecule has 0 N–H and O–H groups in total. The van der Waals surface area contributed by atoms with Crippen molar-refractivity contribution in [3.05, 3.63) is 41.1 Å². The third-order valence-electron chi connectivity index (χ3n) is 4.62. The molecule has 0 aliphatic carbocycles. The molecule has 3 nitrogen and oxygen atoms in total. The van der Waals surface area contributed by atoms with Crippen molar-refractivity contribution in [1.29, 1.82) is 0 Å². The lowest BCUT2D eigenvalue weighted by atomic mass is 10.1. The molecule has 1 atom stereocenters. The van der Waals surface area contributed by atoms with Crippen LogP contribution in [0.15, 0.2) is 30.3 Å². The van der Waals surface area contributed by atoms with Gasteiger partial charge in [0, 0.05) is 5.56 Å². The van der Waals surface area contributed by atoms with E-state index in [0.717, 1.165) is 11.8 Å². The Morgan fingerprint density at radius 3 is 2.26 bits per heavy atom. The van der Waals surface area contributed by atoms with Crippen molar-refractivity contribution in [1.82, 2.24) is 0 Å². The third-order valence-corrected chi connectivity index (χ3v) is 9.10. The quantitative estimate of drug-likeness (QED) is 0.233. The highest BCUT2D eigenvalue weighted by molar-refractivity contribution is 6.74. The van der Waals surface area contributed by atoms with Crippen LogP contribution in [-0.4, -0.2) is 31.5 Å². The maximum Gasteiger partial charge on any atom is 0.209 e. The average molecular weight is 340 g/mol. The lowest BCUT2D eigenvalue weighted by molar-refractivity contribution is -0.473. The molecule has 0 spiro atoms. The molecule has 0 aliphatic rings. The maximum absolute atomic E-state index is 15.0. The van der Waals surface area contributed by atoms with Crippen LogP contribution in [0.25, 0.3) is 0 Å². The molecule has 1 aromatic rings. The van der Waals surface area contributed by atoms with E-state index >= 15 is 0 Å². The molecule has 1 aromatic carbocycles. The molecule has 0 heterocycles. The lowest BCUT2D eigenvalue weighted by Crippen LogP contribution is -2.46. The van der Waals surface area contributed by atoms with E-state index in [-0.39, 0.29) is 24.6 Å². The predicted molar refractivity (Wildman–Crippen MR) is 97.1 cm³/mol. The Bertz CT molecular complexity index is 526.